The Balaban J connectivity index is 1.92. The van der Waals surface area contributed by atoms with E-state index in [1.54, 1.807) is 12.1 Å². The highest BCUT2D eigenvalue weighted by atomic mass is 32.2. The van der Waals surface area contributed by atoms with E-state index in [1.165, 1.54) is 0 Å². The van der Waals surface area contributed by atoms with Gasteiger partial charge in [-0.1, -0.05) is 13.8 Å². The Morgan fingerprint density at radius 1 is 1.17 bits per heavy atom. The molecule has 1 amide bonds. The first-order chi connectivity index (χ1) is 10.9. The molecule has 3 rings (SSSR count). The number of amides is 1. The average molecular weight is 336 g/mol. The van der Waals surface area contributed by atoms with Gasteiger partial charge in [0, 0.05) is 19.5 Å². The van der Waals surface area contributed by atoms with Crippen LogP contribution in [0.25, 0.3) is 0 Å². The Hall–Kier alpha value is -1.40. The topological polar surface area (TPSA) is 66.5 Å². The second-order valence-corrected chi connectivity index (χ2v) is 8.59. The lowest BCUT2D eigenvalue weighted by Gasteiger charge is -2.35. The number of carbonyl (C=O) groups is 1. The van der Waals surface area contributed by atoms with Crippen molar-refractivity contribution in [3.8, 4) is 0 Å². The summed E-state index contributed by atoms with van der Waals surface area (Å²) in [6.45, 7) is 5.35. The summed E-state index contributed by atoms with van der Waals surface area (Å²) in [5, 5.41) is 0. The molecule has 5 nitrogen and oxygen atoms in total. The molecule has 0 bridgehead atoms. The highest BCUT2D eigenvalue weighted by molar-refractivity contribution is 7.89. The standard InChI is InChI=1S/C17H24N2O3S/c1-12(2)7-8-18-23(21,22)15-10-13-4-3-9-19-16(20)6-5-14(11-15)17(13)19/h10-12,18H,3-9H2,1-2H3. The molecule has 2 aliphatic rings. The molecule has 0 fully saturated rings. The van der Waals surface area contributed by atoms with Gasteiger partial charge in [0.1, 0.15) is 0 Å². The first-order valence-corrected chi connectivity index (χ1v) is 9.82. The zero-order chi connectivity index (χ0) is 16.6. The van der Waals surface area contributed by atoms with Crippen molar-refractivity contribution in [2.75, 3.05) is 18.0 Å². The smallest absolute Gasteiger partial charge is 0.240 e. The van der Waals surface area contributed by atoms with Gasteiger partial charge < -0.3 is 4.90 Å². The minimum absolute atomic E-state index is 0.157. The van der Waals surface area contributed by atoms with Gasteiger partial charge in [-0.15, -0.1) is 0 Å². The highest BCUT2D eigenvalue weighted by Crippen LogP contribution is 2.37. The van der Waals surface area contributed by atoms with Crippen LogP contribution in [0.2, 0.25) is 0 Å². The molecule has 0 aromatic heterocycles. The van der Waals surface area contributed by atoms with Crippen LogP contribution in [-0.2, 0) is 27.7 Å². The molecule has 0 saturated carbocycles. The summed E-state index contributed by atoms with van der Waals surface area (Å²) < 4.78 is 27.8. The van der Waals surface area contributed by atoms with E-state index in [9.17, 15) is 13.2 Å². The Bertz CT molecular complexity index is 708. The fourth-order valence-corrected chi connectivity index (χ4v) is 4.49. The minimum atomic E-state index is -3.48. The molecule has 126 valence electrons. The summed E-state index contributed by atoms with van der Waals surface area (Å²) in [7, 11) is -3.48. The molecule has 2 heterocycles. The van der Waals surface area contributed by atoms with Crippen molar-refractivity contribution in [3.63, 3.8) is 0 Å². The summed E-state index contributed by atoms with van der Waals surface area (Å²) in [6.07, 6.45) is 3.65. The predicted molar refractivity (Wildman–Crippen MR) is 90.1 cm³/mol. The van der Waals surface area contributed by atoms with Crippen molar-refractivity contribution in [1.82, 2.24) is 4.72 Å². The van der Waals surface area contributed by atoms with E-state index in [0.717, 1.165) is 42.6 Å². The van der Waals surface area contributed by atoms with E-state index in [2.05, 4.69) is 18.6 Å². The molecule has 23 heavy (non-hydrogen) atoms. The van der Waals surface area contributed by atoms with E-state index in [0.29, 0.717) is 30.2 Å². The van der Waals surface area contributed by atoms with Gasteiger partial charge in [-0.2, -0.15) is 0 Å². The minimum Gasteiger partial charge on any atom is -0.312 e. The number of hydrogen-bond donors (Lipinski definition) is 1. The zero-order valence-electron chi connectivity index (χ0n) is 13.8. The van der Waals surface area contributed by atoms with E-state index >= 15 is 0 Å². The molecule has 0 unspecified atom stereocenters. The number of carbonyl (C=O) groups excluding carboxylic acids is 1. The van der Waals surface area contributed by atoms with Crippen LogP contribution in [0.5, 0.6) is 0 Å². The maximum absolute atomic E-state index is 12.5. The van der Waals surface area contributed by atoms with Crippen molar-refractivity contribution >= 4 is 21.6 Å². The van der Waals surface area contributed by atoms with Gasteiger partial charge in [0.15, 0.2) is 0 Å². The van der Waals surface area contributed by atoms with Crippen molar-refractivity contribution in [1.29, 1.82) is 0 Å². The Labute approximate surface area is 138 Å². The van der Waals surface area contributed by atoms with Crippen LogP contribution in [0, 0.1) is 5.92 Å². The van der Waals surface area contributed by atoms with Crippen molar-refractivity contribution in [2.45, 2.75) is 50.8 Å². The van der Waals surface area contributed by atoms with E-state index in [4.69, 9.17) is 0 Å². The fourth-order valence-electron chi connectivity index (χ4n) is 3.34. The quantitative estimate of drug-likeness (QED) is 0.897. The zero-order valence-corrected chi connectivity index (χ0v) is 14.6. The lowest BCUT2D eigenvalue weighted by Crippen LogP contribution is -2.39. The van der Waals surface area contributed by atoms with Crippen LogP contribution in [0.4, 0.5) is 5.69 Å². The van der Waals surface area contributed by atoms with Crippen LogP contribution < -0.4 is 9.62 Å². The van der Waals surface area contributed by atoms with Gasteiger partial charge in [0.2, 0.25) is 15.9 Å². The summed E-state index contributed by atoms with van der Waals surface area (Å²) in [5.74, 6) is 0.617. The Kier molecular flexibility index (Phi) is 4.47. The monoisotopic (exact) mass is 336 g/mol. The molecule has 0 atom stereocenters. The number of sulfonamides is 1. The van der Waals surface area contributed by atoms with Crippen molar-refractivity contribution in [3.05, 3.63) is 23.3 Å². The molecular formula is C17H24N2O3S. The third kappa shape index (κ3) is 3.28. The maximum Gasteiger partial charge on any atom is 0.240 e. The normalized spacial score (nSPS) is 17.5. The van der Waals surface area contributed by atoms with Crippen LogP contribution in [0.15, 0.2) is 17.0 Å². The van der Waals surface area contributed by atoms with Gasteiger partial charge in [0.25, 0.3) is 0 Å². The van der Waals surface area contributed by atoms with Crippen LogP contribution in [-0.4, -0.2) is 27.4 Å². The van der Waals surface area contributed by atoms with Crippen molar-refractivity contribution in [2.24, 2.45) is 5.92 Å². The molecular weight excluding hydrogens is 312 g/mol. The molecule has 0 aliphatic carbocycles. The van der Waals surface area contributed by atoms with E-state index < -0.39 is 10.0 Å². The number of nitrogens with one attached hydrogen (secondary N) is 1. The highest BCUT2D eigenvalue weighted by Gasteiger charge is 2.31. The molecule has 1 N–H and O–H groups in total. The van der Waals surface area contributed by atoms with Gasteiger partial charge in [-0.05, 0) is 54.9 Å². The summed E-state index contributed by atoms with van der Waals surface area (Å²) in [5.41, 5.74) is 2.95. The van der Waals surface area contributed by atoms with Crippen LogP contribution >= 0.6 is 0 Å². The third-order valence-corrected chi connectivity index (χ3v) is 6.01. The predicted octanol–water partition coefficient (Wildman–Crippen LogP) is 2.24. The molecule has 2 aliphatic heterocycles. The van der Waals surface area contributed by atoms with E-state index in [-0.39, 0.29) is 5.91 Å². The molecule has 6 heteroatoms. The Morgan fingerprint density at radius 2 is 1.87 bits per heavy atom. The average Bonchev–Trinajstić information content (AvgIpc) is 2.50. The third-order valence-electron chi connectivity index (χ3n) is 4.57. The van der Waals surface area contributed by atoms with E-state index in [1.807, 2.05) is 4.90 Å². The largest absolute Gasteiger partial charge is 0.312 e. The lowest BCUT2D eigenvalue weighted by molar-refractivity contribution is -0.119. The van der Waals surface area contributed by atoms with Crippen LogP contribution in [0.3, 0.4) is 0 Å². The van der Waals surface area contributed by atoms with Gasteiger partial charge >= 0.3 is 0 Å². The maximum atomic E-state index is 12.5. The number of rotatable bonds is 5. The second kappa shape index (κ2) is 6.24. The summed E-state index contributed by atoms with van der Waals surface area (Å²) in [4.78, 5) is 14.2. The first-order valence-electron chi connectivity index (χ1n) is 8.34. The molecule has 0 saturated heterocycles. The van der Waals surface area contributed by atoms with Gasteiger partial charge in [-0.25, -0.2) is 13.1 Å². The number of hydrogen-bond acceptors (Lipinski definition) is 3. The molecule has 1 aromatic rings. The number of nitrogens with zero attached hydrogens (tertiary/aromatic N) is 1. The second-order valence-electron chi connectivity index (χ2n) is 6.82. The summed E-state index contributed by atoms with van der Waals surface area (Å²) >= 11 is 0. The summed E-state index contributed by atoms with van der Waals surface area (Å²) in [6, 6.07) is 3.50. The molecule has 0 spiro atoms. The number of aryl methyl sites for hydroxylation is 2. The fraction of sp³-hybridized carbons (Fsp3) is 0.588. The number of benzene rings is 1. The van der Waals surface area contributed by atoms with Gasteiger partial charge in [0.05, 0.1) is 10.6 Å². The Morgan fingerprint density at radius 3 is 2.57 bits per heavy atom. The van der Waals surface area contributed by atoms with Crippen molar-refractivity contribution < 1.29 is 13.2 Å². The number of anilines is 1. The lowest BCUT2D eigenvalue weighted by atomic mass is 9.92. The molecule has 0 radical (unpaired) electrons. The van der Waals surface area contributed by atoms with Crippen LogP contribution in [0.1, 0.15) is 44.2 Å². The van der Waals surface area contributed by atoms with Gasteiger partial charge in [-0.3, -0.25) is 4.79 Å². The molecule has 1 aromatic carbocycles. The SMILES string of the molecule is CC(C)CCNS(=O)(=O)c1cc2c3c(c1)CCC(=O)N3CCC2. The first kappa shape index (κ1) is 16.5.